The first-order valence-electron chi connectivity index (χ1n) is 5.90. The Morgan fingerprint density at radius 2 is 1.29 bits per heavy atom. The molecule has 1 nitrogen and oxygen atoms in total. The Labute approximate surface area is 106 Å². The lowest BCUT2D eigenvalue weighted by Gasteiger charge is -2.24. The molecule has 0 spiro atoms. The lowest BCUT2D eigenvalue weighted by atomic mass is 10.4. The molecule has 0 aromatic heterocycles. The van der Waals surface area contributed by atoms with Crippen LogP contribution in [0.2, 0.25) is 0 Å². The van der Waals surface area contributed by atoms with Gasteiger partial charge in [-0.15, -0.1) is 0 Å². The highest BCUT2D eigenvalue weighted by molar-refractivity contribution is 8.17. The van der Waals surface area contributed by atoms with Crippen molar-refractivity contribution < 1.29 is 0 Å². The minimum absolute atomic E-state index is 0.238. The fourth-order valence-electron chi connectivity index (χ4n) is 1.86. The van der Waals surface area contributed by atoms with Crippen molar-refractivity contribution in [2.75, 3.05) is 5.75 Å². The van der Waals surface area contributed by atoms with E-state index in [1.165, 1.54) is 9.79 Å². The minimum Gasteiger partial charge on any atom is -0.327 e. The first-order chi connectivity index (χ1) is 8.27. The molecule has 2 heteroatoms. The molecule has 0 fully saturated rings. The summed E-state index contributed by atoms with van der Waals surface area (Å²) in [5, 5.41) is 0. The second kappa shape index (κ2) is 5.89. The summed E-state index contributed by atoms with van der Waals surface area (Å²) in [5.74, 6) is 1.04. The van der Waals surface area contributed by atoms with E-state index in [0.717, 1.165) is 5.75 Å². The standard InChI is InChI=1S/C15H19NS/c1-13(16)12-17(14-8-4-2-5-9-14)15-10-6-3-7-11-15/h2-11,13,17H,12,16H2,1H3. The maximum absolute atomic E-state index is 5.98. The van der Waals surface area contributed by atoms with Crippen LogP contribution in [0.25, 0.3) is 0 Å². The van der Waals surface area contributed by atoms with Crippen molar-refractivity contribution in [3.05, 3.63) is 60.7 Å². The fourth-order valence-corrected chi connectivity index (χ4v) is 4.22. The van der Waals surface area contributed by atoms with E-state index in [9.17, 15) is 0 Å². The smallest absolute Gasteiger partial charge is 0.00908 e. The molecular formula is C15H19NS. The van der Waals surface area contributed by atoms with Gasteiger partial charge in [-0.25, -0.2) is 0 Å². The molecule has 2 aromatic rings. The van der Waals surface area contributed by atoms with Crippen molar-refractivity contribution in [3.63, 3.8) is 0 Å². The summed E-state index contributed by atoms with van der Waals surface area (Å²) < 4.78 is 0. The average molecular weight is 245 g/mol. The lowest BCUT2D eigenvalue weighted by Crippen LogP contribution is -2.20. The molecular weight excluding hydrogens is 226 g/mol. The Bertz CT molecular complexity index is 399. The summed E-state index contributed by atoms with van der Waals surface area (Å²) in [4.78, 5) is 2.82. The second-order valence-corrected chi connectivity index (χ2v) is 6.51. The summed E-state index contributed by atoms with van der Waals surface area (Å²) in [6.45, 7) is 2.08. The molecule has 2 aromatic carbocycles. The van der Waals surface area contributed by atoms with Crippen LogP contribution in [0.4, 0.5) is 0 Å². The van der Waals surface area contributed by atoms with E-state index >= 15 is 0 Å². The topological polar surface area (TPSA) is 26.0 Å². The highest BCUT2D eigenvalue weighted by Gasteiger charge is 2.11. The molecule has 0 saturated carbocycles. The van der Waals surface area contributed by atoms with Gasteiger partial charge in [-0.2, -0.15) is 10.9 Å². The van der Waals surface area contributed by atoms with E-state index in [0.29, 0.717) is 0 Å². The Morgan fingerprint density at radius 3 is 1.65 bits per heavy atom. The Kier molecular flexibility index (Phi) is 4.24. The number of rotatable bonds is 4. The Balaban J connectivity index is 2.32. The molecule has 0 heterocycles. The molecule has 1 atom stereocenters. The highest BCUT2D eigenvalue weighted by Crippen LogP contribution is 2.44. The van der Waals surface area contributed by atoms with E-state index in [1.54, 1.807) is 0 Å². The van der Waals surface area contributed by atoms with Gasteiger partial charge in [0.2, 0.25) is 0 Å². The predicted molar refractivity (Wildman–Crippen MR) is 76.9 cm³/mol. The Morgan fingerprint density at radius 1 is 0.882 bits per heavy atom. The summed E-state index contributed by atoms with van der Waals surface area (Å²) in [6, 6.07) is 21.6. The van der Waals surface area contributed by atoms with E-state index in [-0.39, 0.29) is 16.9 Å². The minimum atomic E-state index is -0.315. The van der Waals surface area contributed by atoms with Gasteiger partial charge in [0.25, 0.3) is 0 Å². The molecule has 2 rings (SSSR count). The van der Waals surface area contributed by atoms with Crippen LogP contribution in [-0.2, 0) is 0 Å². The zero-order chi connectivity index (χ0) is 12.1. The molecule has 17 heavy (non-hydrogen) atoms. The van der Waals surface area contributed by atoms with Crippen LogP contribution in [0, 0.1) is 0 Å². The number of nitrogens with two attached hydrogens (primary N) is 1. The van der Waals surface area contributed by atoms with E-state index < -0.39 is 0 Å². The van der Waals surface area contributed by atoms with E-state index in [4.69, 9.17) is 5.73 Å². The summed E-state index contributed by atoms with van der Waals surface area (Å²) in [7, 11) is -0.315. The first-order valence-corrected chi connectivity index (χ1v) is 7.43. The first kappa shape index (κ1) is 12.2. The van der Waals surface area contributed by atoms with Gasteiger partial charge in [-0.05, 0) is 22.5 Å². The van der Waals surface area contributed by atoms with E-state index in [1.807, 2.05) is 0 Å². The maximum Gasteiger partial charge on any atom is 0.00908 e. The quantitative estimate of drug-likeness (QED) is 0.793. The molecule has 0 radical (unpaired) electrons. The van der Waals surface area contributed by atoms with Gasteiger partial charge in [0.15, 0.2) is 0 Å². The molecule has 90 valence electrons. The normalized spacial score (nSPS) is 13.2. The molecule has 0 amide bonds. The average Bonchev–Trinajstić information content (AvgIpc) is 2.38. The van der Waals surface area contributed by atoms with Crippen LogP contribution >= 0.6 is 10.9 Å². The van der Waals surface area contributed by atoms with Crippen LogP contribution in [0.1, 0.15) is 6.92 Å². The molecule has 0 aliphatic rings. The third-order valence-corrected chi connectivity index (χ3v) is 5.39. The summed E-state index contributed by atoms with van der Waals surface area (Å²) >= 11 is 0. The largest absolute Gasteiger partial charge is 0.327 e. The van der Waals surface area contributed by atoms with Crippen molar-refractivity contribution >= 4 is 10.9 Å². The third-order valence-electron chi connectivity index (χ3n) is 2.61. The molecule has 0 bridgehead atoms. The summed E-state index contributed by atoms with van der Waals surface area (Å²) in [6.07, 6.45) is 0. The van der Waals surface area contributed by atoms with Crippen molar-refractivity contribution in [3.8, 4) is 0 Å². The monoisotopic (exact) mass is 245 g/mol. The van der Waals surface area contributed by atoms with Gasteiger partial charge < -0.3 is 5.73 Å². The predicted octanol–water partition coefficient (Wildman–Crippen LogP) is 3.45. The number of thiol groups is 1. The number of hydrogen-bond acceptors (Lipinski definition) is 1. The zero-order valence-corrected chi connectivity index (χ0v) is 11.0. The highest BCUT2D eigenvalue weighted by atomic mass is 32.2. The molecule has 2 N–H and O–H groups in total. The van der Waals surface area contributed by atoms with Crippen LogP contribution in [0.3, 0.4) is 0 Å². The van der Waals surface area contributed by atoms with Crippen LogP contribution in [0.15, 0.2) is 70.5 Å². The van der Waals surface area contributed by atoms with Gasteiger partial charge in [0, 0.05) is 6.04 Å². The second-order valence-electron chi connectivity index (χ2n) is 4.26. The van der Waals surface area contributed by atoms with Gasteiger partial charge in [0.1, 0.15) is 0 Å². The molecule has 0 aliphatic heterocycles. The van der Waals surface area contributed by atoms with Crippen LogP contribution in [0.5, 0.6) is 0 Å². The van der Waals surface area contributed by atoms with Crippen LogP contribution in [-0.4, -0.2) is 11.8 Å². The van der Waals surface area contributed by atoms with Crippen molar-refractivity contribution in [1.82, 2.24) is 0 Å². The van der Waals surface area contributed by atoms with Crippen molar-refractivity contribution in [2.24, 2.45) is 5.73 Å². The van der Waals surface area contributed by atoms with Gasteiger partial charge >= 0.3 is 0 Å². The fraction of sp³-hybridized carbons (Fsp3) is 0.200. The van der Waals surface area contributed by atoms with E-state index in [2.05, 4.69) is 67.6 Å². The summed E-state index contributed by atoms with van der Waals surface area (Å²) in [5.41, 5.74) is 5.98. The van der Waals surface area contributed by atoms with Crippen molar-refractivity contribution in [1.29, 1.82) is 0 Å². The maximum atomic E-state index is 5.98. The van der Waals surface area contributed by atoms with Gasteiger partial charge in [-0.1, -0.05) is 60.7 Å². The SMILES string of the molecule is CC(N)C[SH](c1ccccc1)c1ccccc1. The molecule has 1 unspecified atom stereocenters. The Hall–Kier alpha value is -1.25. The van der Waals surface area contributed by atoms with Crippen LogP contribution < -0.4 is 5.73 Å². The number of hydrogen-bond donors (Lipinski definition) is 2. The van der Waals surface area contributed by atoms with Crippen molar-refractivity contribution in [2.45, 2.75) is 22.8 Å². The van der Waals surface area contributed by atoms with Gasteiger partial charge in [-0.3, -0.25) is 0 Å². The molecule has 0 saturated heterocycles. The molecule has 0 aliphatic carbocycles. The third kappa shape index (κ3) is 3.35. The van der Waals surface area contributed by atoms with Gasteiger partial charge in [0.05, 0.1) is 0 Å². The zero-order valence-electron chi connectivity index (χ0n) is 10.1. The lowest BCUT2D eigenvalue weighted by molar-refractivity contribution is 0.843. The number of benzene rings is 2.